The van der Waals surface area contributed by atoms with Gasteiger partial charge >= 0.3 is 13.8 Å². The predicted octanol–water partition coefficient (Wildman–Crippen LogP) is 12.3. The minimum absolute atomic E-state index is 0.0977. The molecule has 0 aromatic carbocycles. The van der Waals surface area contributed by atoms with Gasteiger partial charge in [-0.05, 0) is 25.7 Å². The van der Waals surface area contributed by atoms with Gasteiger partial charge in [0.2, 0.25) is 0 Å². The Bertz CT molecular complexity index is 782. The quantitative estimate of drug-likeness (QED) is 0.0276. The van der Waals surface area contributed by atoms with E-state index in [0.717, 1.165) is 19.3 Å². The standard InChI is InChI=1S/C41H82NO7P/c1-3-5-7-9-11-13-15-17-19-21-23-25-27-29-31-33-36-46-38-40(39-48-50(44,45)47-37-35-42)49-41(43)34-32-30-28-26-24-22-20-18-16-14-12-10-8-6-4-2/h28,30,40H,3-27,29,31-39,42H2,1-2H3,(H,44,45). The smallest absolute Gasteiger partial charge is 0.457 e. The molecule has 0 aliphatic carbocycles. The van der Waals surface area contributed by atoms with Crippen LogP contribution in [0.1, 0.15) is 206 Å². The molecule has 0 saturated heterocycles. The molecule has 0 aromatic rings. The van der Waals surface area contributed by atoms with Gasteiger partial charge < -0.3 is 20.1 Å². The Morgan fingerprint density at radius 3 is 1.46 bits per heavy atom. The van der Waals surface area contributed by atoms with Crippen molar-refractivity contribution in [1.82, 2.24) is 0 Å². The highest BCUT2D eigenvalue weighted by atomic mass is 31.2. The maximum absolute atomic E-state index is 12.5. The molecular formula is C41H82NO7P. The second kappa shape index (κ2) is 39.4. The lowest BCUT2D eigenvalue weighted by Crippen LogP contribution is -2.28. The fourth-order valence-corrected chi connectivity index (χ4v) is 6.84. The van der Waals surface area contributed by atoms with E-state index in [-0.39, 0.29) is 38.8 Å². The third kappa shape index (κ3) is 38.5. The number of allylic oxidation sites excluding steroid dienone is 2. The molecular weight excluding hydrogens is 649 g/mol. The molecule has 8 nitrogen and oxygen atoms in total. The van der Waals surface area contributed by atoms with E-state index in [1.807, 2.05) is 6.08 Å². The highest BCUT2D eigenvalue weighted by Crippen LogP contribution is 2.43. The molecule has 0 aromatic heterocycles. The first kappa shape index (κ1) is 49.2. The van der Waals surface area contributed by atoms with Gasteiger partial charge in [-0.3, -0.25) is 13.8 Å². The van der Waals surface area contributed by atoms with Crippen LogP contribution in [0.4, 0.5) is 0 Å². The molecule has 50 heavy (non-hydrogen) atoms. The van der Waals surface area contributed by atoms with Gasteiger partial charge in [-0.15, -0.1) is 0 Å². The van der Waals surface area contributed by atoms with Crippen molar-refractivity contribution in [3.8, 4) is 0 Å². The fraction of sp³-hybridized carbons (Fsp3) is 0.927. The summed E-state index contributed by atoms with van der Waals surface area (Å²) in [5.74, 6) is -0.375. The fourth-order valence-electron chi connectivity index (χ4n) is 6.07. The average molecular weight is 732 g/mol. The number of nitrogens with two attached hydrogens (primary N) is 1. The first-order valence-electron chi connectivity index (χ1n) is 21.2. The summed E-state index contributed by atoms with van der Waals surface area (Å²) in [6.45, 7) is 4.91. The van der Waals surface area contributed by atoms with Crippen LogP contribution in [0.15, 0.2) is 12.2 Å². The lowest BCUT2D eigenvalue weighted by Gasteiger charge is -2.20. The Hall–Kier alpha value is -0.760. The molecule has 298 valence electrons. The number of hydrogen-bond acceptors (Lipinski definition) is 7. The Kier molecular flexibility index (Phi) is 38.8. The maximum atomic E-state index is 12.5. The molecule has 0 radical (unpaired) electrons. The number of carbonyl (C=O) groups is 1. The topological polar surface area (TPSA) is 117 Å². The Morgan fingerprint density at radius 1 is 0.580 bits per heavy atom. The third-order valence-electron chi connectivity index (χ3n) is 9.20. The SMILES string of the molecule is CCCCCCCCCCCCCC=CCCC(=O)OC(COCCCCCCCCCCCCCCCCCC)COP(=O)(O)OCCN. The molecule has 0 fully saturated rings. The number of carbonyl (C=O) groups excluding carboxylic acids is 1. The first-order valence-corrected chi connectivity index (χ1v) is 22.7. The minimum atomic E-state index is -4.28. The van der Waals surface area contributed by atoms with Crippen molar-refractivity contribution >= 4 is 13.8 Å². The molecule has 3 N–H and O–H groups in total. The lowest BCUT2D eigenvalue weighted by molar-refractivity contribution is -0.154. The number of ether oxygens (including phenoxy) is 2. The van der Waals surface area contributed by atoms with Crippen LogP contribution < -0.4 is 5.73 Å². The van der Waals surface area contributed by atoms with Crippen LogP contribution in [-0.2, 0) is 27.9 Å². The second-order valence-corrected chi connectivity index (χ2v) is 15.7. The molecule has 0 bridgehead atoms. The highest BCUT2D eigenvalue weighted by Gasteiger charge is 2.25. The van der Waals surface area contributed by atoms with Crippen molar-refractivity contribution in [1.29, 1.82) is 0 Å². The summed E-state index contributed by atoms with van der Waals surface area (Å²) < 4.78 is 33.3. The molecule has 0 aliphatic heterocycles. The summed E-state index contributed by atoms with van der Waals surface area (Å²) >= 11 is 0. The van der Waals surface area contributed by atoms with Crippen LogP contribution in [-0.4, -0.2) is 49.9 Å². The van der Waals surface area contributed by atoms with Gasteiger partial charge in [-0.1, -0.05) is 187 Å². The zero-order valence-electron chi connectivity index (χ0n) is 32.9. The molecule has 0 heterocycles. The van der Waals surface area contributed by atoms with E-state index >= 15 is 0 Å². The third-order valence-corrected chi connectivity index (χ3v) is 10.2. The van der Waals surface area contributed by atoms with Crippen molar-refractivity contribution in [3.05, 3.63) is 12.2 Å². The summed E-state index contributed by atoms with van der Waals surface area (Å²) in [7, 11) is -4.28. The minimum Gasteiger partial charge on any atom is -0.457 e. The van der Waals surface area contributed by atoms with Gasteiger partial charge in [-0.2, -0.15) is 0 Å². The van der Waals surface area contributed by atoms with Crippen LogP contribution in [0.3, 0.4) is 0 Å². The average Bonchev–Trinajstić information content (AvgIpc) is 3.10. The normalized spacial score (nSPS) is 13.6. The van der Waals surface area contributed by atoms with Gasteiger partial charge in [0.25, 0.3) is 0 Å². The summed E-state index contributed by atoms with van der Waals surface area (Å²) in [5, 5.41) is 0. The molecule has 9 heteroatoms. The summed E-state index contributed by atoms with van der Waals surface area (Å²) in [6.07, 6.45) is 40.9. The van der Waals surface area contributed by atoms with Gasteiger partial charge in [-0.25, -0.2) is 4.57 Å². The van der Waals surface area contributed by atoms with E-state index in [2.05, 4.69) is 19.9 Å². The molecule has 0 aliphatic rings. The van der Waals surface area contributed by atoms with Crippen molar-refractivity contribution in [3.63, 3.8) is 0 Å². The van der Waals surface area contributed by atoms with Crippen LogP contribution >= 0.6 is 7.82 Å². The van der Waals surface area contributed by atoms with Gasteiger partial charge in [0.05, 0.1) is 19.8 Å². The Balaban J connectivity index is 4.04. The van der Waals surface area contributed by atoms with Crippen LogP contribution in [0.5, 0.6) is 0 Å². The highest BCUT2D eigenvalue weighted by molar-refractivity contribution is 7.47. The monoisotopic (exact) mass is 732 g/mol. The van der Waals surface area contributed by atoms with Crippen molar-refractivity contribution in [2.24, 2.45) is 5.73 Å². The molecule has 0 spiro atoms. The summed E-state index contributed by atoms with van der Waals surface area (Å²) in [4.78, 5) is 22.4. The number of esters is 1. The number of rotatable bonds is 41. The van der Waals surface area contributed by atoms with Crippen LogP contribution in [0, 0.1) is 0 Å². The largest absolute Gasteiger partial charge is 0.472 e. The van der Waals surface area contributed by atoms with Crippen molar-refractivity contribution in [2.75, 3.05) is 33.0 Å². The lowest BCUT2D eigenvalue weighted by atomic mass is 10.0. The van der Waals surface area contributed by atoms with Crippen molar-refractivity contribution in [2.45, 2.75) is 213 Å². The Labute approximate surface area is 309 Å². The zero-order chi connectivity index (χ0) is 36.6. The van der Waals surface area contributed by atoms with E-state index in [1.165, 1.54) is 161 Å². The van der Waals surface area contributed by atoms with E-state index < -0.39 is 13.9 Å². The van der Waals surface area contributed by atoms with Crippen molar-refractivity contribution < 1.29 is 32.8 Å². The maximum Gasteiger partial charge on any atom is 0.472 e. The molecule has 0 amide bonds. The van der Waals surface area contributed by atoms with E-state index in [4.69, 9.17) is 24.3 Å². The van der Waals surface area contributed by atoms with E-state index in [1.54, 1.807) is 0 Å². The zero-order valence-corrected chi connectivity index (χ0v) is 33.8. The van der Waals surface area contributed by atoms with E-state index in [9.17, 15) is 14.3 Å². The second-order valence-electron chi connectivity index (χ2n) is 14.2. The summed E-state index contributed by atoms with van der Waals surface area (Å²) in [5.41, 5.74) is 5.36. The van der Waals surface area contributed by atoms with Crippen LogP contribution in [0.25, 0.3) is 0 Å². The van der Waals surface area contributed by atoms with Gasteiger partial charge in [0.1, 0.15) is 6.10 Å². The van der Waals surface area contributed by atoms with Gasteiger partial charge in [0.15, 0.2) is 0 Å². The number of hydrogen-bond donors (Lipinski definition) is 2. The molecule has 2 atom stereocenters. The number of phosphoric ester groups is 1. The Morgan fingerprint density at radius 2 is 1.00 bits per heavy atom. The first-order chi connectivity index (χ1) is 24.4. The molecule has 0 rings (SSSR count). The number of unbranched alkanes of at least 4 members (excludes halogenated alkanes) is 26. The summed E-state index contributed by atoms with van der Waals surface area (Å²) in [6, 6.07) is 0. The van der Waals surface area contributed by atoms with E-state index in [0.29, 0.717) is 13.0 Å². The van der Waals surface area contributed by atoms with Gasteiger partial charge in [0, 0.05) is 19.6 Å². The van der Waals surface area contributed by atoms with Crippen LogP contribution in [0.2, 0.25) is 0 Å². The molecule has 2 unspecified atom stereocenters. The predicted molar refractivity (Wildman–Crippen MR) is 210 cm³/mol. The number of phosphoric acid groups is 1. The molecule has 0 saturated carbocycles.